The Hall–Kier alpha value is -3.84. The van der Waals surface area contributed by atoms with E-state index >= 15 is 0 Å². The molecule has 1 N–H and O–H groups in total. The number of hydrazone groups is 1. The largest absolute Gasteiger partial charge is 0.299 e. The molecule has 0 atom stereocenters. The average molecular weight is 457 g/mol. The number of nitro groups is 1. The summed E-state index contributed by atoms with van der Waals surface area (Å²) >= 11 is 0. The summed E-state index contributed by atoms with van der Waals surface area (Å²) in [5, 5.41) is 14.6. The number of amides is 1. The van der Waals surface area contributed by atoms with Crippen LogP contribution >= 0.6 is 0 Å². The minimum Gasteiger partial charge on any atom is -0.299 e. The summed E-state index contributed by atoms with van der Waals surface area (Å²) in [6, 6.07) is 24.3. The van der Waals surface area contributed by atoms with Crippen molar-refractivity contribution in [2.45, 2.75) is 25.8 Å². The van der Waals surface area contributed by atoms with Crippen LogP contribution in [-0.2, 0) is 13.0 Å². The molecule has 0 aliphatic carbocycles. The van der Waals surface area contributed by atoms with E-state index in [1.165, 1.54) is 42.3 Å². The zero-order chi connectivity index (χ0) is 23.8. The molecule has 34 heavy (non-hydrogen) atoms. The lowest BCUT2D eigenvalue weighted by molar-refractivity contribution is -0.384. The molecule has 1 saturated heterocycles. The fraction of sp³-hybridized carbons (Fsp3) is 0.259. The first-order valence-corrected chi connectivity index (χ1v) is 11.5. The van der Waals surface area contributed by atoms with Gasteiger partial charge in [-0.2, -0.15) is 5.10 Å². The molecule has 0 spiro atoms. The van der Waals surface area contributed by atoms with Gasteiger partial charge in [0, 0.05) is 24.2 Å². The van der Waals surface area contributed by atoms with Crippen molar-refractivity contribution in [2.24, 2.45) is 11.0 Å². The third-order valence-electron chi connectivity index (χ3n) is 6.18. The molecule has 0 aromatic heterocycles. The number of nitrogens with one attached hydrogen (secondary N) is 1. The van der Waals surface area contributed by atoms with Crippen molar-refractivity contribution >= 4 is 17.8 Å². The maximum Gasteiger partial charge on any atom is 0.271 e. The van der Waals surface area contributed by atoms with E-state index in [1.54, 1.807) is 12.1 Å². The lowest BCUT2D eigenvalue weighted by Crippen LogP contribution is -2.33. The van der Waals surface area contributed by atoms with E-state index in [4.69, 9.17) is 0 Å². The number of piperidine rings is 1. The Morgan fingerprint density at radius 1 is 0.971 bits per heavy atom. The Morgan fingerprint density at radius 2 is 1.65 bits per heavy atom. The third-order valence-corrected chi connectivity index (χ3v) is 6.18. The van der Waals surface area contributed by atoms with Crippen LogP contribution in [0.1, 0.15) is 39.9 Å². The summed E-state index contributed by atoms with van der Waals surface area (Å²) in [4.78, 5) is 25.1. The molecule has 4 rings (SSSR count). The van der Waals surface area contributed by atoms with Crippen molar-refractivity contribution in [1.82, 2.24) is 10.3 Å². The highest BCUT2D eigenvalue weighted by Crippen LogP contribution is 2.23. The van der Waals surface area contributed by atoms with Crippen molar-refractivity contribution in [3.8, 4) is 0 Å². The van der Waals surface area contributed by atoms with Crippen LogP contribution in [-0.4, -0.2) is 35.0 Å². The van der Waals surface area contributed by atoms with Crippen LogP contribution in [0.2, 0.25) is 0 Å². The number of rotatable bonds is 8. The van der Waals surface area contributed by atoms with Crippen molar-refractivity contribution in [2.75, 3.05) is 13.1 Å². The Morgan fingerprint density at radius 3 is 2.29 bits per heavy atom. The highest BCUT2D eigenvalue weighted by atomic mass is 16.6. The number of carbonyl (C=O) groups excluding carboxylic acids is 1. The topological polar surface area (TPSA) is 87.8 Å². The first-order chi connectivity index (χ1) is 16.6. The Kier molecular flexibility index (Phi) is 7.78. The second kappa shape index (κ2) is 11.3. The molecule has 3 aromatic carbocycles. The first-order valence-electron chi connectivity index (χ1n) is 11.5. The lowest BCUT2D eigenvalue weighted by Gasteiger charge is -2.32. The monoisotopic (exact) mass is 456 g/mol. The van der Waals surface area contributed by atoms with E-state index in [0.29, 0.717) is 11.1 Å². The molecule has 1 heterocycles. The van der Waals surface area contributed by atoms with Gasteiger partial charge in [0.1, 0.15) is 0 Å². The van der Waals surface area contributed by atoms with Crippen LogP contribution in [0.4, 0.5) is 5.69 Å². The van der Waals surface area contributed by atoms with Gasteiger partial charge >= 0.3 is 0 Å². The quantitative estimate of drug-likeness (QED) is 0.299. The van der Waals surface area contributed by atoms with E-state index in [-0.39, 0.29) is 11.6 Å². The van der Waals surface area contributed by atoms with Gasteiger partial charge in [-0.3, -0.25) is 19.8 Å². The Bertz CT molecular complexity index is 1120. The van der Waals surface area contributed by atoms with Gasteiger partial charge in [-0.05, 0) is 79.2 Å². The molecular weight excluding hydrogens is 428 g/mol. The molecule has 7 heteroatoms. The Labute approximate surface area is 199 Å². The van der Waals surface area contributed by atoms with Gasteiger partial charge in [-0.25, -0.2) is 5.43 Å². The normalized spacial score (nSPS) is 14.8. The summed E-state index contributed by atoms with van der Waals surface area (Å²) in [6.07, 6.45) is 5.03. The molecule has 0 bridgehead atoms. The summed E-state index contributed by atoms with van der Waals surface area (Å²) in [7, 11) is 0. The predicted molar refractivity (Wildman–Crippen MR) is 133 cm³/mol. The second-order valence-corrected chi connectivity index (χ2v) is 8.65. The van der Waals surface area contributed by atoms with E-state index < -0.39 is 4.92 Å². The van der Waals surface area contributed by atoms with E-state index in [0.717, 1.165) is 32.0 Å². The number of hydrogen-bond acceptors (Lipinski definition) is 5. The highest BCUT2D eigenvalue weighted by molar-refractivity contribution is 5.94. The minimum atomic E-state index is -0.458. The van der Waals surface area contributed by atoms with E-state index in [9.17, 15) is 14.9 Å². The van der Waals surface area contributed by atoms with Crippen LogP contribution in [0.15, 0.2) is 84.0 Å². The number of nitrogens with zero attached hydrogens (tertiary/aromatic N) is 3. The maximum atomic E-state index is 12.3. The smallest absolute Gasteiger partial charge is 0.271 e. The van der Waals surface area contributed by atoms with E-state index in [2.05, 4.69) is 45.8 Å². The van der Waals surface area contributed by atoms with E-state index in [1.807, 2.05) is 24.3 Å². The lowest BCUT2D eigenvalue weighted by atomic mass is 9.90. The zero-order valence-electron chi connectivity index (χ0n) is 19.0. The van der Waals surface area contributed by atoms with Crippen LogP contribution < -0.4 is 5.43 Å². The fourth-order valence-electron chi connectivity index (χ4n) is 4.23. The molecule has 0 radical (unpaired) electrons. The average Bonchev–Trinajstić information content (AvgIpc) is 2.86. The van der Waals surface area contributed by atoms with Gasteiger partial charge in [0.25, 0.3) is 11.6 Å². The van der Waals surface area contributed by atoms with Gasteiger partial charge in [-0.15, -0.1) is 0 Å². The SMILES string of the molecule is O=C(N/N=C\c1ccc([N+](=O)[O-])cc1)c1ccc(CN2CCC(Cc3ccccc3)CC2)cc1. The number of carbonyl (C=O) groups is 1. The summed E-state index contributed by atoms with van der Waals surface area (Å²) in [5.41, 5.74) is 6.31. The number of nitro benzene ring substituents is 1. The van der Waals surface area contributed by atoms with Gasteiger partial charge in [0.2, 0.25) is 0 Å². The zero-order valence-corrected chi connectivity index (χ0v) is 19.0. The number of non-ortho nitro benzene ring substituents is 1. The van der Waals surface area contributed by atoms with Crippen LogP contribution in [0.5, 0.6) is 0 Å². The molecule has 1 fully saturated rings. The molecule has 174 valence electrons. The third kappa shape index (κ3) is 6.59. The van der Waals surface area contributed by atoms with Gasteiger partial charge in [-0.1, -0.05) is 42.5 Å². The number of likely N-dealkylation sites (tertiary alicyclic amines) is 1. The summed E-state index contributed by atoms with van der Waals surface area (Å²) in [6.45, 7) is 3.08. The fourth-order valence-corrected chi connectivity index (χ4v) is 4.23. The Balaban J connectivity index is 1.22. The number of hydrogen-bond donors (Lipinski definition) is 1. The van der Waals surface area contributed by atoms with Crippen molar-refractivity contribution in [1.29, 1.82) is 0 Å². The molecule has 1 amide bonds. The second-order valence-electron chi connectivity index (χ2n) is 8.65. The highest BCUT2D eigenvalue weighted by Gasteiger charge is 2.19. The molecule has 1 aliphatic rings. The standard InChI is InChI=1S/C27H28N4O3/c32-27(29-28-19-23-8-12-26(13-9-23)31(33)34)25-10-6-24(7-11-25)20-30-16-14-22(15-17-30)18-21-4-2-1-3-5-21/h1-13,19,22H,14-18,20H2,(H,29,32)/b28-19-. The molecule has 0 saturated carbocycles. The summed E-state index contributed by atoms with van der Waals surface area (Å²) < 4.78 is 0. The molecular formula is C27H28N4O3. The maximum absolute atomic E-state index is 12.3. The van der Waals surface area contributed by atoms with Crippen molar-refractivity contribution in [3.63, 3.8) is 0 Å². The van der Waals surface area contributed by atoms with Crippen molar-refractivity contribution in [3.05, 3.63) is 111 Å². The van der Waals surface area contributed by atoms with Gasteiger partial charge in [0.15, 0.2) is 0 Å². The first kappa shape index (κ1) is 23.3. The molecule has 7 nitrogen and oxygen atoms in total. The van der Waals surface area contributed by atoms with Gasteiger partial charge in [0.05, 0.1) is 11.1 Å². The van der Waals surface area contributed by atoms with Crippen LogP contribution in [0.3, 0.4) is 0 Å². The minimum absolute atomic E-state index is 0.0119. The number of benzene rings is 3. The molecule has 0 unspecified atom stereocenters. The van der Waals surface area contributed by atoms with Gasteiger partial charge < -0.3 is 0 Å². The molecule has 3 aromatic rings. The van der Waals surface area contributed by atoms with Crippen LogP contribution in [0.25, 0.3) is 0 Å². The predicted octanol–water partition coefficient (Wildman–Crippen LogP) is 4.81. The summed E-state index contributed by atoms with van der Waals surface area (Å²) in [5.74, 6) is 0.447. The van der Waals surface area contributed by atoms with Crippen molar-refractivity contribution < 1.29 is 9.72 Å². The van der Waals surface area contributed by atoms with Crippen LogP contribution in [0, 0.1) is 16.0 Å². The molecule has 1 aliphatic heterocycles.